The van der Waals surface area contributed by atoms with Gasteiger partial charge in [-0.2, -0.15) is 0 Å². The summed E-state index contributed by atoms with van der Waals surface area (Å²) in [5.41, 5.74) is 2.78. The van der Waals surface area contributed by atoms with Crippen molar-refractivity contribution < 1.29 is 8.42 Å². The summed E-state index contributed by atoms with van der Waals surface area (Å²) in [6.07, 6.45) is 1.36. The predicted molar refractivity (Wildman–Crippen MR) is 78.7 cm³/mol. The molecule has 0 atom stereocenters. The largest absolute Gasteiger partial charge is 0.250 e. The molecule has 0 amide bonds. The fraction of sp³-hybridized carbons (Fsp3) is 0.308. The molecule has 3 nitrogen and oxygen atoms in total. The highest BCUT2D eigenvalue weighted by Crippen LogP contribution is 2.18. The van der Waals surface area contributed by atoms with E-state index >= 15 is 0 Å². The molecule has 0 unspecified atom stereocenters. The molecular formula is C13H14ClNO2S2. The molecule has 1 aromatic carbocycles. The number of nitrogens with zero attached hydrogens (tertiary/aromatic N) is 1. The van der Waals surface area contributed by atoms with Gasteiger partial charge in [-0.05, 0) is 44.0 Å². The lowest BCUT2D eigenvalue weighted by molar-refractivity contribution is 0.593. The first-order valence-corrected chi connectivity index (χ1v) is 8.77. The van der Waals surface area contributed by atoms with E-state index in [1.54, 1.807) is 41.1 Å². The van der Waals surface area contributed by atoms with Gasteiger partial charge >= 0.3 is 0 Å². The van der Waals surface area contributed by atoms with Crippen molar-refractivity contribution in [1.82, 2.24) is 4.98 Å². The van der Waals surface area contributed by atoms with E-state index in [1.165, 1.54) is 0 Å². The minimum Gasteiger partial charge on any atom is -0.250 e. The van der Waals surface area contributed by atoms with Gasteiger partial charge in [-0.3, -0.25) is 0 Å². The number of hydrogen-bond donors (Lipinski definition) is 0. The Morgan fingerprint density at radius 2 is 1.95 bits per heavy atom. The second-order valence-corrected chi connectivity index (χ2v) is 7.72. The van der Waals surface area contributed by atoms with Crippen molar-refractivity contribution in [3.63, 3.8) is 0 Å². The van der Waals surface area contributed by atoms with Gasteiger partial charge in [0.05, 0.1) is 21.9 Å². The van der Waals surface area contributed by atoms with E-state index < -0.39 is 9.84 Å². The van der Waals surface area contributed by atoms with Crippen molar-refractivity contribution in [1.29, 1.82) is 0 Å². The average molecular weight is 316 g/mol. The third kappa shape index (κ3) is 3.78. The van der Waals surface area contributed by atoms with Gasteiger partial charge in [-0.1, -0.05) is 11.6 Å². The van der Waals surface area contributed by atoms with Crippen LogP contribution in [0.4, 0.5) is 0 Å². The zero-order chi connectivity index (χ0) is 13.9. The number of rotatable bonds is 5. The Hall–Kier alpha value is -0.910. The summed E-state index contributed by atoms with van der Waals surface area (Å²) in [5, 5.41) is 0.541. The van der Waals surface area contributed by atoms with Crippen LogP contribution in [-0.2, 0) is 16.3 Å². The van der Waals surface area contributed by atoms with Crippen LogP contribution in [0.1, 0.15) is 17.0 Å². The van der Waals surface area contributed by atoms with Crippen molar-refractivity contribution in [3.05, 3.63) is 45.4 Å². The SMILES string of the molecule is Cc1ncsc1CCCS(=O)(=O)c1ccc(Cl)cc1. The number of halogens is 1. The first kappa shape index (κ1) is 14.5. The van der Waals surface area contributed by atoms with E-state index in [-0.39, 0.29) is 5.75 Å². The van der Waals surface area contributed by atoms with Crippen LogP contribution < -0.4 is 0 Å². The minimum absolute atomic E-state index is 0.145. The van der Waals surface area contributed by atoms with Crippen LogP contribution in [0, 0.1) is 6.92 Å². The van der Waals surface area contributed by atoms with Crippen LogP contribution in [0.25, 0.3) is 0 Å². The summed E-state index contributed by atoms with van der Waals surface area (Å²) < 4.78 is 24.2. The molecule has 102 valence electrons. The molecule has 2 rings (SSSR count). The smallest absolute Gasteiger partial charge is 0.178 e. The molecule has 0 N–H and O–H groups in total. The molecule has 6 heteroatoms. The van der Waals surface area contributed by atoms with Crippen molar-refractivity contribution in [2.75, 3.05) is 5.75 Å². The van der Waals surface area contributed by atoms with Gasteiger partial charge in [0, 0.05) is 9.90 Å². The predicted octanol–water partition coefficient (Wildman–Crippen LogP) is 3.51. The highest BCUT2D eigenvalue weighted by Gasteiger charge is 2.14. The summed E-state index contributed by atoms with van der Waals surface area (Å²) in [6.45, 7) is 1.94. The van der Waals surface area contributed by atoms with Crippen molar-refractivity contribution in [2.24, 2.45) is 0 Å². The third-order valence-corrected chi connectivity index (χ3v) is 5.90. The molecule has 1 heterocycles. The van der Waals surface area contributed by atoms with Gasteiger partial charge in [0.1, 0.15) is 0 Å². The number of benzene rings is 1. The van der Waals surface area contributed by atoms with Crippen LogP contribution in [0.5, 0.6) is 0 Å². The molecule has 0 saturated heterocycles. The van der Waals surface area contributed by atoms with E-state index in [0.717, 1.165) is 17.0 Å². The van der Waals surface area contributed by atoms with Gasteiger partial charge in [0.2, 0.25) is 0 Å². The van der Waals surface area contributed by atoms with Gasteiger partial charge in [-0.25, -0.2) is 13.4 Å². The van der Waals surface area contributed by atoms with Crippen molar-refractivity contribution in [3.8, 4) is 0 Å². The van der Waals surface area contributed by atoms with Gasteiger partial charge in [-0.15, -0.1) is 11.3 Å². The molecule has 0 aliphatic heterocycles. The molecule has 0 aliphatic carbocycles. The molecule has 0 spiro atoms. The minimum atomic E-state index is -3.22. The third-order valence-electron chi connectivity index (χ3n) is 2.83. The Morgan fingerprint density at radius 3 is 2.53 bits per heavy atom. The maximum absolute atomic E-state index is 12.1. The van der Waals surface area contributed by atoms with E-state index in [1.807, 2.05) is 6.92 Å². The Balaban J connectivity index is 1.98. The van der Waals surface area contributed by atoms with Crippen LogP contribution >= 0.6 is 22.9 Å². The average Bonchev–Trinajstić information content (AvgIpc) is 2.75. The Bertz CT molecular complexity index is 648. The number of thiazole rings is 1. The van der Waals surface area contributed by atoms with Gasteiger partial charge in [0.15, 0.2) is 9.84 Å². The summed E-state index contributed by atoms with van der Waals surface area (Å²) in [4.78, 5) is 5.64. The summed E-state index contributed by atoms with van der Waals surface area (Å²) >= 11 is 7.33. The molecule has 0 aliphatic rings. The lowest BCUT2D eigenvalue weighted by Gasteiger charge is -2.04. The highest BCUT2D eigenvalue weighted by atomic mass is 35.5. The first-order chi connectivity index (χ1) is 8.99. The quantitative estimate of drug-likeness (QED) is 0.848. The van der Waals surface area contributed by atoms with Crippen LogP contribution in [-0.4, -0.2) is 19.2 Å². The first-order valence-electron chi connectivity index (χ1n) is 5.86. The van der Waals surface area contributed by atoms with Crippen molar-refractivity contribution >= 4 is 32.8 Å². The van der Waals surface area contributed by atoms with E-state index in [4.69, 9.17) is 11.6 Å². The molecule has 0 bridgehead atoms. The molecule has 0 fully saturated rings. The van der Waals surface area contributed by atoms with E-state index in [2.05, 4.69) is 4.98 Å². The Morgan fingerprint density at radius 1 is 1.26 bits per heavy atom. The normalized spacial score (nSPS) is 11.7. The highest BCUT2D eigenvalue weighted by molar-refractivity contribution is 7.91. The fourth-order valence-electron chi connectivity index (χ4n) is 1.75. The van der Waals surface area contributed by atoms with E-state index in [0.29, 0.717) is 16.3 Å². The Labute approximate surface area is 122 Å². The topological polar surface area (TPSA) is 47.0 Å². The van der Waals surface area contributed by atoms with Gasteiger partial charge in [0.25, 0.3) is 0 Å². The number of hydrogen-bond acceptors (Lipinski definition) is 4. The summed E-state index contributed by atoms with van der Waals surface area (Å²) in [7, 11) is -3.22. The van der Waals surface area contributed by atoms with Crippen LogP contribution in [0.15, 0.2) is 34.7 Å². The second kappa shape index (κ2) is 6.03. The molecular weight excluding hydrogens is 302 g/mol. The summed E-state index contributed by atoms with van der Waals surface area (Å²) in [5.74, 6) is 0.145. The standard InChI is InChI=1S/C13H14ClNO2S2/c1-10-13(18-9-15-10)3-2-8-19(16,17)12-6-4-11(14)5-7-12/h4-7,9H,2-3,8H2,1H3. The molecule has 1 aromatic heterocycles. The number of aromatic nitrogens is 1. The van der Waals surface area contributed by atoms with Gasteiger partial charge < -0.3 is 0 Å². The molecule has 0 radical (unpaired) electrons. The maximum atomic E-state index is 12.1. The lowest BCUT2D eigenvalue weighted by atomic mass is 10.2. The maximum Gasteiger partial charge on any atom is 0.178 e. The zero-order valence-corrected chi connectivity index (χ0v) is 12.9. The number of sulfone groups is 1. The Kier molecular flexibility index (Phi) is 4.60. The second-order valence-electron chi connectivity index (χ2n) is 4.24. The molecule has 19 heavy (non-hydrogen) atoms. The zero-order valence-electron chi connectivity index (χ0n) is 10.5. The van der Waals surface area contributed by atoms with E-state index in [9.17, 15) is 8.42 Å². The number of aryl methyl sites for hydroxylation is 2. The monoisotopic (exact) mass is 315 g/mol. The van der Waals surface area contributed by atoms with Crippen LogP contribution in [0.2, 0.25) is 5.02 Å². The molecule has 0 saturated carbocycles. The van der Waals surface area contributed by atoms with Crippen molar-refractivity contribution in [2.45, 2.75) is 24.7 Å². The fourth-order valence-corrected chi connectivity index (χ4v) is 4.01. The lowest BCUT2D eigenvalue weighted by Crippen LogP contribution is -2.07. The molecule has 2 aromatic rings. The summed E-state index contributed by atoms with van der Waals surface area (Å²) in [6, 6.07) is 6.30. The van der Waals surface area contributed by atoms with Crippen LogP contribution in [0.3, 0.4) is 0 Å².